The van der Waals surface area contributed by atoms with Crippen molar-refractivity contribution >= 4 is 23.5 Å². The molecule has 29 heavy (non-hydrogen) atoms. The summed E-state index contributed by atoms with van der Waals surface area (Å²) in [7, 11) is 0. The van der Waals surface area contributed by atoms with E-state index in [1.54, 1.807) is 0 Å². The smallest absolute Gasteiger partial charge is 0.316 e. The fourth-order valence-electron chi connectivity index (χ4n) is 3.56. The fraction of sp³-hybridized carbons (Fsp3) is 0.667. The van der Waals surface area contributed by atoms with Crippen molar-refractivity contribution < 1.29 is 24.0 Å². The number of anilines is 1. The third-order valence-corrected chi connectivity index (χ3v) is 6.13. The molecule has 0 aromatic carbocycles. The fourth-order valence-corrected chi connectivity index (χ4v) is 4.39. The largest absolute Gasteiger partial charge is 0.465 e. The lowest BCUT2D eigenvalue weighted by atomic mass is 9.89. The van der Waals surface area contributed by atoms with Gasteiger partial charge in [0.2, 0.25) is 0 Å². The maximum Gasteiger partial charge on any atom is 0.316 e. The minimum absolute atomic E-state index is 0.177. The lowest BCUT2D eigenvalue weighted by Gasteiger charge is -2.34. The molecular weight excluding hydrogens is 390 g/mol. The number of H-pyrrole nitrogens is 1. The van der Waals surface area contributed by atoms with E-state index in [1.165, 1.54) is 11.8 Å². The zero-order chi connectivity index (χ0) is 20.9. The lowest BCUT2D eigenvalue weighted by molar-refractivity contribution is -0.415. The molecule has 0 spiro atoms. The first kappa shape index (κ1) is 21.9. The predicted octanol–water partition coefficient (Wildman–Crippen LogP) is 2.50. The Bertz CT molecular complexity index is 785. The average Bonchev–Trinajstić information content (AvgIpc) is 2.71. The van der Waals surface area contributed by atoms with Gasteiger partial charge in [0.05, 0.1) is 43.3 Å². The van der Waals surface area contributed by atoms with E-state index in [0.717, 1.165) is 47.9 Å². The van der Waals surface area contributed by atoms with E-state index in [9.17, 15) is 10.1 Å². The molecule has 1 aromatic heterocycles. The normalized spacial score (nSPS) is 18.1. The van der Waals surface area contributed by atoms with E-state index in [0.29, 0.717) is 38.4 Å². The number of pyridine rings is 1. The highest BCUT2D eigenvalue weighted by atomic mass is 32.2. The van der Waals surface area contributed by atoms with Gasteiger partial charge in [0, 0.05) is 6.42 Å². The van der Waals surface area contributed by atoms with Crippen LogP contribution in [0, 0.1) is 11.3 Å². The summed E-state index contributed by atoms with van der Waals surface area (Å²) in [4.78, 5) is 17.8. The molecule has 1 aromatic rings. The summed E-state index contributed by atoms with van der Waals surface area (Å²) in [5.74, 6) is 0.894. The third kappa shape index (κ3) is 5.41. The number of esters is 1. The second kappa shape index (κ2) is 9.79. The number of carbonyl (C=O) groups is 1. The molecule has 3 heterocycles. The first-order valence-corrected chi connectivity index (χ1v) is 11.2. The highest BCUT2D eigenvalue weighted by Crippen LogP contribution is 2.36. The number of rotatable bonds is 7. The minimum atomic E-state index is -0.330. The average molecular weight is 421 g/mol. The van der Waals surface area contributed by atoms with Gasteiger partial charge >= 0.3 is 5.97 Å². The number of carbonyl (C=O) groups excluding carboxylic acids is 1. The summed E-state index contributed by atoms with van der Waals surface area (Å²) in [6, 6.07) is 2.36. The van der Waals surface area contributed by atoms with E-state index < -0.39 is 0 Å². The summed E-state index contributed by atoms with van der Waals surface area (Å²) in [6.45, 7) is 9.94. The number of morpholine rings is 1. The number of aromatic amines is 1. The monoisotopic (exact) mass is 420 g/mol. The van der Waals surface area contributed by atoms with Crippen molar-refractivity contribution in [3.63, 3.8) is 0 Å². The maximum atomic E-state index is 12.1. The van der Waals surface area contributed by atoms with Gasteiger partial charge in [0.1, 0.15) is 24.7 Å². The topological polar surface area (TPSA) is 85.9 Å². The number of nitrogens with zero attached hydrogens (tertiary/aromatic N) is 2. The molecule has 2 aliphatic heterocycles. The van der Waals surface area contributed by atoms with Gasteiger partial charge in [0.25, 0.3) is 5.82 Å². The Morgan fingerprint density at radius 1 is 1.34 bits per heavy atom. The zero-order valence-corrected chi connectivity index (χ0v) is 18.3. The zero-order valence-electron chi connectivity index (χ0n) is 17.5. The van der Waals surface area contributed by atoms with Crippen LogP contribution in [0.1, 0.15) is 50.3 Å². The Kier molecular flexibility index (Phi) is 7.38. The summed E-state index contributed by atoms with van der Waals surface area (Å²) in [5, 5.41) is 10.6. The van der Waals surface area contributed by atoms with Crippen molar-refractivity contribution in [3.8, 4) is 6.07 Å². The number of aromatic nitrogens is 1. The van der Waals surface area contributed by atoms with Crippen LogP contribution in [-0.4, -0.2) is 50.2 Å². The predicted molar refractivity (Wildman–Crippen MR) is 110 cm³/mol. The van der Waals surface area contributed by atoms with Gasteiger partial charge in [0.15, 0.2) is 5.03 Å². The standard InChI is InChI=1S/C21H29N3O4S/c1-4-5-8-27-18(25)14-29-20-16(12-22)15-11-21(2,3)28-13-17(15)19(23-20)24-6-9-26-10-7-24/h4-11,13-14H2,1-3H3/p+1. The molecule has 1 saturated heterocycles. The van der Waals surface area contributed by atoms with Gasteiger partial charge in [-0.3, -0.25) is 9.69 Å². The molecule has 0 unspecified atom stereocenters. The molecule has 158 valence electrons. The van der Waals surface area contributed by atoms with Crippen LogP contribution in [0.15, 0.2) is 5.03 Å². The van der Waals surface area contributed by atoms with Crippen LogP contribution in [0.2, 0.25) is 0 Å². The molecule has 0 radical (unpaired) electrons. The SMILES string of the molecule is CCCCOC(=O)CSc1[nH+]c(N2CCOCC2)c2c(c1C#N)CC(C)(C)OC2. The van der Waals surface area contributed by atoms with Crippen LogP contribution in [0.25, 0.3) is 0 Å². The summed E-state index contributed by atoms with van der Waals surface area (Å²) in [5.41, 5.74) is 2.34. The molecule has 8 heteroatoms. The van der Waals surface area contributed by atoms with Crippen molar-refractivity contribution in [2.75, 3.05) is 43.6 Å². The Balaban J connectivity index is 1.90. The van der Waals surface area contributed by atoms with Crippen LogP contribution in [0.5, 0.6) is 0 Å². The number of thioether (sulfide) groups is 1. The van der Waals surface area contributed by atoms with Crippen LogP contribution in [0.4, 0.5) is 5.82 Å². The van der Waals surface area contributed by atoms with Crippen molar-refractivity contribution in [2.45, 2.75) is 57.3 Å². The van der Waals surface area contributed by atoms with Gasteiger partial charge in [-0.2, -0.15) is 5.26 Å². The summed E-state index contributed by atoms with van der Waals surface area (Å²) >= 11 is 1.34. The number of hydrogen-bond acceptors (Lipinski definition) is 7. The quantitative estimate of drug-likeness (QED) is 0.380. The third-order valence-electron chi connectivity index (χ3n) is 5.16. The number of fused-ring (bicyclic) bond motifs is 1. The minimum Gasteiger partial charge on any atom is -0.465 e. The number of hydrogen-bond donors (Lipinski definition) is 0. The van der Waals surface area contributed by atoms with Crippen LogP contribution >= 0.6 is 11.8 Å². The molecule has 1 fully saturated rings. The van der Waals surface area contributed by atoms with E-state index in [2.05, 4.69) is 22.9 Å². The van der Waals surface area contributed by atoms with Crippen molar-refractivity contribution in [2.24, 2.45) is 0 Å². The van der Waals surface area contributed by atoms with Crippen molar-refractivity contribution in [3.05, 3.63) is 16.7 Å². The molecule has 0 saturated carbocycles. The van der Waals surface area contributed by atoms with Crippen molar-refractivity contribution in [1.82, 2.24) is 0 Å². The van der Waals surface area contributed by atoms with E-state index >= 15 is 0 Å². The Morgan fingerprint density at radius 3 is 2.79 bits per heavy atom. The lowest BCUT2D eigenvalue weighted by Crippen LogP contribution is -2.43. The number of nitrogens with one attached hydrogen (secondary N) is 1. The van der Waals surface area contributed by atoms with Gasteiger partial charge in [-0.25, -0.2) is 4.98 Å². The molecule has 7 nitrogen and oxygen atoms in total. The van der Waals surface area contributed by atoms with Crippen molar-refractivity contribution in [1.29, 1.82) is 5.26 Å². The Labute approximate surface area is 176 Å². The number of unbranched alkanes of at least 4 members (excludes halogenated alkanes) is 1. The number of nitriles is 1. The molecule has 0 aliphatic carbocycles. The van der Waals surface area contributed by atoms with Crippen LogP contribution < -0.4 is 9.88 Å². The molecular formula is C21H30N3O4S+. The Hall–Kier alpha value is -1.82. The Morgan fingerprint density at radius 2 is 2.10 bits per heavy atom. The summed E-state index contributed by atoms with van der Waals surface area (Å²) in [6.07, 6.45) is 2.51. The second-order valence-electron chi connectivity index (χ2n) is 7.93. The van der Waals surface area contributed by atoms with Gasteiger partial charge in [-0.05, 0) is 25.8 Å². The van der Waals surface area contributed by atoms with E-state index in [-0.39, 0.29) is 17.3 Å². The number of ether oxygens (including phenoxy) is 3. The van der Waals surface area contributed by atoms with E-state index in [1.807, 2.05) is 13.8 Å². The van der Waals surface area contributed by atoms with Crippen LogP contribution in [-0.2, 0) is 32.0 Å². The van der Waals surface area contributed by atoms with Gasteiger partial charge in [-0.15, -0.1) is 0 Å². The second-order valence-corrected chi connectivity index (χ2v) is 8.92. The molecule has 0 atom stereocenters. The van der Waals surface area contributed by atoms with Crippen LogP contribution in [0.3, 0.4) is 0 Å². The molecule has 1 N–H and O–H groups in total. The molecule has 0 amide bonds. The molecule has 3 rings (SSSR count). The van der Waals surface area contributed by atoms with Gasteiger partial charge < -0.3 is 14.2 Å². The molecule has 2 aliphatic rings. The first-order valence-electron chi connectivity index (χ1n) is 10.2. The van der Waals surface area contributed by atoms with E-state index in [4.69, 9.17) is 14.2 Å². The highest BCUT2D eigenvalue weighted by Gasteiger charge is 2.36. The molecule has 0 bridgehead atoms. The first-order chi connectivity index (χ1) is 13.9. The maximum absolute atomic E-state index is 12.1. The summed E-state index contributed by atoms with van der Waals surface area (Å²) < 4.78 is 16.8. The van der Waals surface area contributed by atoms with Gasteiger partial charge in [-0.1, -0.05) is 25.1 Å². The highest BCUT2D eigenvalue weighted by molar-refractivity contribution is 7.99.